The van der Waals surface area contributed by atoms with Gasteiger partial charge in [-0.05, 0) is 67.6 Å². The zero-order chi connectivity index (χ0) is 21.7. The van der Waals surface area contributed by atoms with Crippen LogP contribution in [-0.2, 0) is 23.7 Å². The Labute approximate surface area is 194 Å². The molecule has 2 heterocycles. The van der Waals surface area contributed by atoms with Crippen molar-refractivity contribution in [2.45, 2.75) is 88.0 Å². The Morgan fingerprint density at radius 1 is 0.839 bits per heavy atom. The van der Waals surface area contributed by atoms with E-state index in [4.69, 9.17) is 18.9 Å². The third-order valence-corrected chi connectivity index (χ3v) is 12.7. The Hall–Kier alpha value is -0.0100. The zero-order valence-electron chi connectivity index (χ0n) is 19.2. The highest BCUT2D eigenvalue weighted by Gasteiger charge is 2.72. The van der Waals surface area contributed by atoms with Gasteiger partial charge in [-0.15, -0.1) is 0 Å². The SMILES string of the molecule is CC1([C@@H]2CC[C@@H]3[C@@H]4CC[C@H]5CC6(CC[C@@]5(C)[C@@]4(Br)C(=O)C[C@@]32C)OCCO6)OCCO1. The van der Waals surface area contributed by atoms with Crippen molar-refractivity contribution in [2.75, 3.05) is 26.4 Å². The molecule has 2 aliphatic heterocycles. The molecule has 6 aliphatic rings. The number of carbonyl (C=O) groups is 1. The molecular weight excluding hydrogens is 460 g/mol. The molecule has 0 aromatic rings. The number of rotatable bonds is 1. The molecule has 0 aromatic carbocycles. The predicted molar refractivity (Wildman–Crippen MR) is 119 cm³/mol. The van der Waals surface area contributed by atoms with Crippen molar-refractivity contribution in [1.82, 2.24) is 0 Å². The summed E-state index contributed by atoms with van der Waals surface area (Å²) >= 11 is 4.22. The number of alkyl halides is 1. The number of fused-ring (bicyclic) bond motifs is 5. The Bertz CT molecular complexity index is 774. The minimum Gasteiger partial charge on any atom is -0.348 e. The molecule has 1 spiro atoms. The van der Waals surface area contributed by atoms with E-state index in [2.05, 4.69) is 36.7 Å². The van der Waals surface area contributed by atoms with Gasteiger partial charge in [-0.1, -0.05) is 29.8 Å². The first kappa shape index (κ1) is 21.5. The van der Waals surface area contributed by atoms with Gasteiger partial charge in [0, 0.05) is 25.2 Å². The fraction of sp³-hybridized carbons (Fsp3) is 0.960. The standard InChI is InChI=1S/C25H37BrO5/c1-21-15-20(27)25(26)18(17(21)6-7-19(21)23(3)28-10-11-29-23)5-4-16-14-24(30-12-13-31-24)9-8-22(16,25)2/h16-19H,4-15H2,1-3H3/t16-,17+,18-,19+,21-,22+,25-/m0/s1. The number of ketones is 1. The Morgan fingerprint density at radius 2 is 1.48 bits per heavy atom. The molecule has 4 saturated carbocycles. The first-order valence-corrected chi connectivity index (χ1v) is 13.2. The van der Waals surface area contributed by atoms with Crippen LogP contribution in [-0.4, -0.2) is 48.1 Å². The fourth-order valence-corrected chi connectivity index (χ4v) is 10.5. The molecule has 0 amide bonds. The third-order valence-electron chi connectivity index (χ3n) is 10.8. The maximum Gasteiger partial charge on any atom is 0.169 e. The second-order valence-corrected chi connectivity index (χ2v) is 13.1. The quantitative estimate of drug-likeness (QED) is 0.485. The van der Waals surface area contributed by atoms with Gasteiger partial charge in [0.1, 0.15) is 0 Å². The molecule has 174 valence electrons. The highest BCUT2D eigenvalue weighted by molar-refractivity contribution is 9.10. The van der Waals surface area contributed by atoms with Crippen molar-refractivity contribution >= 4 is 21.7 Å². The minimum atomic E-state index is -0.536. The Kier molecular flexibility index (Phi) is 4.70. The van der Waals surface area contributed by atoms with Gasteiger partial charge in [0.05, 0.1) is 30.8 Å². The lowest BCUT2D eigenvalue weighted by atomic mass is 9.43. The third kappa shape index (κ3) is 2.66. The summed E-state index contributed by atoms with van der Waals surface area (Å²) in [5.74, 6) is 1.15. The van der Waals surface area contributed by atoms with Crippen LogP contribution < -0.4 is 0 Å². The van der Waals surface area contributed by atoms with Crippen LogP contribution in [0, 0.1) is 34.5 Å². The van der Waals surface area contributed by atoms with Gasteiger partial charge in [0.25, 0.3) is 0 Å². The van der Waals surface area contributed by atoms with Gasteiger partial charge in [-0.25, -0.2) is 0 Å². The lowest BCUT2D eigenvalue weighted by molar-refractivity contribution is -0.229. The van der Waals surface area contributed by atoms with Crippen LogP contribution in [0.2, 0.25) is 0 Å². The van der Waals surface area contributed by atoms with E-state index >= 15 is 0 Å². The number of carbonyl (C=O) groups excluding carboxylic acids is 1. The second kappa shape index (κ2) is 6.78. The first-order chi connectivity index (χ1) is 14.7. The summed E-state index contributed by atoms with van der Waals surface area (Å²) in [5.41, 5.74) is -0.0912. The smallest absolute Gasteiger partial charge is 0.169 e. The lowest BCUT2D eigenvalue weighted by Gasteiger charge is -2.65. The summed E-state index contributed by atoms with van der Waals surface area (Å²) < 4.78 is 24.0. The van der Waals surface area contributed by atoms with E-state index < -0.39 is 15.9 Å². The molecule has 2 saturated heterocycles. The molecular formula is C25H37BrO5. The van der Waals surface area contributed by atoms with Gasteiger partial charge >= 0.3 is 0 Å². The number of hydrogen-bond donors (Lipinski definition) is 0. The average molecular weight is 497 g/mol. The van der Waals surface area contributed by atoms with Crippen LogP contribution in [0.3, 0.4) is 0 Å². The van der Waals surface area contributed by atoms with Crippen LogP contribution in [0.4, 0.5) is 0 Å². The highest BCUT2D eigenvalue weighted by atomic mass is 79.9. The predicted octanol–water partition coefficient (Wildman–Crippen LogP) is 4.85. The topological polar surface area (TPSA) is 54.0 Å². The van der Waals surface area contributed by atoms with Crippen molar-refractivity contribution in [1.29, 1.82) is 0 Å². The van der Waals surface area contributed by atoms with Gasteiger partial charge in [-0.2, -0.15) is 0 Å². The molecule has 6 fully saturated rings. The molecule has 0 unspecified atom stereocenters. The van der Waals surface area contributed by atoms with E-state index in [1.165, 1.54) is 6.42 Å². The van der Waals surface area contributed by atoms with Gasteiger partial charge in [-0.3, -0.25) is 4.79 Å². The van der Waals surface area contributed by atoms with E-state index in [0.717, 1.165) is 38.5 Å². The maximum atomic E-state index is 14.1. The monoisotopic (exact) mass is 496 g/mol. The molecule has 0 radical (unpaired) electrons. The second-order valence-electron chi connectivity index (χ2n) is 11.9. The van der Waals surface area contributed by atoms with E-state index in [1.54, 1.807) is 0 Å². The number of halogens is 1. The van der Waals surface area contributed by atoms with E-state index in [9.17, 15) is 4.79 Å². The van der Waals surface area contributed by atoms with E-state index in [0.29, 0.717) is 56.4 Å². The summed E-state index contributed by atoms with van der Waals surface area (Å²) in [5, 5.41) is 0. The molecule has 7 atom stereocenters. The normalized spacial score (nSPS) is 52.7. The summed E-state index contributed by atoms with van der Waals surface area (Å²) in [6.45, 7) is 9.60. The van der Waals surface area contributed by atoms with Crippen LogP contribution in [0.25, 0.3) is 0 Å². The molecule has 5 nitrogen and oxygen atoms in total. The van der Waals surface area contributed by atoms with Crippen molar-refractivity contribution in [3.8, 4) is 0 Å². The highest BCUT2D eigenvalue weighted by Crippen LogP contribution is 2.72. The molecule has 6 heteroatoms. The lowest BCUT2D eigenvalue weighted by Crippen LogP contribution is -2.68. The number of hydrogen-bond acceptors (Lipinski definition) is 5. The van der Waals surface area contributed by atoms with Gasteiger partial charge < -0.3 is 18.9 Å². The Balaban J connectivity index is 1.33. The van der Waals surface area contributed by atoms with Crippen LogP contribution in [0.15, 0.2) is 0 Å². The maximum absolute atomic E-state index is 14.1. The molecule has 0 aromatic heterocycles. The minimum absolute atomic E-state index is 0.0444. The van der Waals surface area contributed by atoms with Crippen molar-refractivity contribution in [3.63, 3.8) is 0 Å². The van der Waals surface area contributed by atoms with Crippen LogP contribution >= 0.6 is 15.9 Å². The van der Waals surface area contributed by atoms with Gasteiger partial charge in [0.15, 0.2) is 17.4 Å². The van der Waals surface area contributed by atoms with Gasteiger partial charge in [0.2, 0.25) is 0 Å². The van der Waals surface area contributed by atoms with E-state index in [1.807, 2.05) is 0 Å². The summed E-state index contributed by atoms with van der Waals surface area (Å²) in [6, 6.07) is 0. The zero-order valence-corrected chi connectivity index (χ0v) is 20.8. The fourth-order valence-electron chi connectivity index (χ4n) is 9.27. The summed E-state index contributed by atoms with van der Waals surface area (Å²) in [6.07, 6.45) is 7.99. The molecule has 6 rings (SSSR count). The summed E-state index contributed by atoms with van der Waals surface area (Å²) in [7, 11) is 0. The number of Topliss-reactive ketones (excluding diaryl/α,β-unsaturated/α-hetero) is 1. The van der Waals surface area contributed by atoms with Crippen LogP contribution in [0.1, 0.15) is 72.1 Å². The van der Waals surface area contributed by atoms with E-state index in [-0.39, 0.29) is 16.7 Å². The largest absolute Gasteiger partial charge is 0.348 e. The molecule has 0 N–H and O–H groups in total. The van der Waals surface area contributed by atoms with Crippen molar-refractivity contribution in [2.24, 2.45) is 34.5 Å². The molecule has 31 heavy (non-hydrogen) atoms. The molecule has 4 aliphatic carbocycles. The summed E-state index contributed by atoms with van der Waals surface area (Å²) in [4.78, 5) is 14.1. The Morgan fingerprint density at radius 3 is 2.19 bits per heavy atom. The first-order valence-electron chi connectivity index (χ1n) is 12.5. The molecule has 0 bridgehead atoms. The average Bonchev–Trinajstić information content (AvgIpc) is 3.44. The van der Waals surface area contributed by atoms with Crippen molar-refractivity contribution < 1.29 is 23.7 Å². The van der Waals surface area contributed by atoms with Crippen molar-refractivity contribution in [3.05, 3.63) is 0 Å². The number of ether oxygens (including phenoxy) is 4. The van der Waals surface area contributed by atoms with Crippen LogP contribution in [0.5, 0.6) is 0 Å².